The zero-order chi connectivity index (χ0) is 15.0. The molecular formula is C14H22N2O4. The third kappa shape index (κ3) is 5.54. The summed E-state index contributed by atoms with van der Waals surface area (Å²) in [6, 6.07) is 5.39. The van der Waals surface area contributed by atoms with Crippen LogP contribution < -0.4 is 10.1 Å². The molecule has 1 aromatic carbocycles. The van der Waals surface area contributed by atoms with E-state index >= 15 is 0 Å². The first-order valence-corrected chi connectivity index (χ1v) is 6.67. The summed E-state index contributed by atoms with van der Waals surface area (Å²) in [6.07, 6.45) is 0.699. The number of ether oxygens (including phenoxy) is 2. The van der Waals surface area contributed by atoms with Crippen molar-refractivity contribution in [2.45, 2.75) is 32.9 Å². The van der Waals surface area contributed by atoms with E-state index in [1.807, 2.05) is 19.9 Å². The SMILES string of the molecule is COCCCOc1ccc(CNC(C)C)cc1[N+](=O)[O-]. The molecule has 20 heavy (non-hydrogen) atoms. The molecule has 0 saturated carbocycles. The van der Waals surface area contributed by atoms with Crippen LogP contribution in [0.1, 0.15) is 25.8 Å². The summed E-state index contributed by atoms with van der Waals surface area (Å²) in [5.41, 5.74) is 0.875. The van der Waals surface area contributed by atoms with Gasteiger partial charge in [-0.1, -0.05) is 19.9 Å². The average Bonchev–Trinajstić information content (AvgIpc) is 2.41. The van der Waals surface area contributed by atoms with Crippen LogP contribution in [0.25, 0.3) is 0 Å². The summed E-state index contributed by atoms with van der Waals surface area (Å²) >= 11 is 0. The standard InChI is InChI=1S/C14H22N2O4/c1-11(2)15-10-12-5-6-14(13(9-12)16(17)18)20-8-4-7-19-3/h5-6,9,11,15H,4,7-8,10H2,1-3H3. The van der Waals surface area contributed by atoms with E-state index in [0.717, 1.165) is 5.56 Å². The summed E-state index contributed by atoms with van der Waals surface area (Å²) in [5, 5.41) is 14.3. The van der Waals surface area contributed by atoms with Crippen LogP contribution in [0.15, 0.2) is 18.2 Å². The van der Waals surface area contributed by atoms with Gasteiger partial charge in [0.1, 0.15) is 0 Å². The number of benzene rings is 1. The maximum absolute atomic E-state index is 11.1. The molecule has 0 amide bonds. The first-order valence-electron chi connectivity index (χ1n) is 6.67. The molecule has 0 fully saturated rings. The van der Waals surface area contributed by atoms with Crippen LogP contribution >= 0.6 is 0 Å². The van der Waals surface area contributed by atoms with Gasteiger partial charge in [-0.3, -0.25) is 10.1 Å². The van der Waals surface area contributed by atoms with Gasteiger partial charge in [-0.25, -0.2) is 0 Å². The maximum Gasteiger partial charge on any atom is 0.311 e. The Hall–Kier alpha value is -1.66. The predicted molar refractivity (Wildman–Crippen MR) is 77.1 cm³/mol. The highest BCUT2D eigenvalue weighted by molar-refractivity contribution is 5.48. The zero-order valence-electron chi connectivity index (χ0n) is 12.2. The van der Waals surface area contributed by atoms with Crippen molar-refractivity contribution in [3.63, 3.8) is 0 Å². The molecule has 0 spiro atoms. The number of rotatable bonds is 9. The molecule has 0 heterocycles. The van der Waals surface area contributed by atoms with Gasteiger partial charge in [-0.15, -0.1) is 0 Å². The number of methoxy groups -OCH3 is 1. The van der Waals surface area contributed by atoms with E-state index in [2.05, 4.69) is 5.32 Å². The van der Waals surface area contributed by atoms with Gasteiger partial charge in [0.25, 0.3) is 0 Å². The normalized spacial score (nSPS) is 10.8. The number of hydrogen-bond donors (Lipinski definition) is 1. The van der Waals surface area contributed by atoms with Crippen molar-refractivity contribution < 1.29 is 14.4 Å². The molecule has 0 bridgehead atoms. The Kier molecular flexibility index (Phi) is 6.97. The molecule has 0 aliphatic carbocycles. The lowest BCUT2D eigenvalue weighted by Gasteiger charge is -2.10. The summed E-state index contributed by atoms with van der Waals surface area (Å²) in [4.78, 5) is 10.7. The third-order valence-electron chi connectivity index (χ3n) is 2.68. The third-order valence-corrected chi connectivity index (χ3v) is 2.68. The average molecular weight is 282 g/mol. The van der Waals surface area contributed by atoms with E-state index in [-0.39, 0.29) is 5.69 Å². The summed E-state index contributed by atoms with van der Waals surface area (Å²) in [6.45, 7) is 5.63. The predicted octanol–water partition coefficient (Wildman–Crippen LogP) is 2.51. The van der Waals surface area contributed by atoms with Gasteiger partial charge >= 0.3 is 5.69 Å². The van der Waals surface area contributed by atoms with E-state index in [9.17, 15) is 10.1 Å². The van der Waals surface area contributed by atoms with Crippen molar-refractivity contribution in [2.24, 2.45) is 0 Å². The van der Waals surface area contributed by atoms with Gasteiger partial charge in [-0.2, -0.15) is 0 Å². The molecule has 6 heteroatoms. The number of nitrogens with zero attached hydrogens (tertiary/aromatic N) is 1. The topological polar surface area (TPSA) is 73.6 Å². The molecule has 0 aromatic heterocycles. The highest BCUT2D eigenvalue weighted by atomic mass is 16.6. The molecule has 0 aliphatic heterocycles. The van der Waals surface area contributed by atoms with Gasteiger partial charge in [-0.05, 0) is 11.6 Å². The molecule has 0 aliphatic rings. The number of nitrogens with one attached hydrogen (secondary N) is 1. The van der Waals surface area contributed by atoms with Gasteiger partial charge in [0.05, 0.1) is 11.5 Å². The number of hydrogen-bond acceptors (Lipinski definition) is 5. The fourth-order valence-electron chi connectivity index (χ4n) is 1.65. The Morgan fingerprint density at radius 2 is 2.10 bits per heavy atom. The highest BCUT2D eigenvalue weighted by Crippen LogP contribution is 2.28. The van der Waals surface area contributed by atoms with Gasteiger partial charge in [0.2, 0.25) is 0 Å². The minimum absolute atomic E-state index is 0.00507. The summed E-state index contributed by atoms with van der Waals surface area (Å²) in [5.74, 6) is 0.305. The van der Waals surface area contributed by atoms with Crippen molar-refractivity contribution in [3.05, 3.63) is 33.9 Å². The van der Waals surface area contributed by atoms with Crippen molar-refractivity contribution in [2.75, 3.05) is 20.3 Å². The molecular weight excluding hydrogens is 260 g/mol. The van der Waals surface area contributed by atoms with Gasteiger partial charge in [0.15, 0.2) is 5.75 Å². The molecule has 1 N–H and O–H groups in total. The van der Waals surface area contributed by atoms with E-state index in [1.165, 1.54) is 0 Å². The Morgan fingerprint density at radius 1 is 1.35 bits per heavy atom. The number of nitro groups is 1. The Labute approximate surface area is 119 Å². The second kappa shape index (κ2) is 8.50. The summed E-state index contributed by atoms with van der Waals surface area (Å²) < 4.78 is 10.3. The molecule has 1 aromatic rings. The molecule has 112 valence electrons. The quantitative estimate of drug-likeness (QED) is 0.428. The Balaban J connectivity index is 2.71. The van der Waals surface area contributed by atoms with Crippen LogP contribution in [0.5, 0.6) is 5.75 Å². The fraction of sp³-hybridized carbons (Fsp3) is 0.571. The largest absolute Gasteiger partial charge is 0.487 e. The van der Waals surface area contributed by atoms with Crippen LogP contribution in [-0.2, 0) is 11.3 Å². The lowest BCUT2D eigenvalue weighted by molar-refractivity contribution is -0.385. The van der Waals surface area contributed by atoms with Gasteiger partial charge in [0, 0.05) is 38.8 Å². The first kappa shape index (κ1) is 16.4. The van der Waals surface area contributed by atoms with Crippen molar-refractivity contribution in [3.8, 4) is 5.75 Å². The lowest BCUT2D eigenvalue weighted by Crippen LogP contribution is -2.21. The minimum atomic E-state index is -0.412. The molecule has 0 radical (unpaired) electrons. The zero-order valence-corrected chi connectivity index (χ0v) is 12.2. The van der Waals surface area contributed by atoms with Crippen LogP contribution in [-0.4, -0.2) is 31.3 Å². The molecule has 6 nitrogen and oxygen atoms in total. The van der Waals surface area contributed by atoms with Crippen LogP contribution in [0.4, 0.5) is 5.69 Å². The van der Waals surface area contributed by atoms with Crippen molar-refractivity contribution >= 4 is 5.69 Å². The highest BCUT2D eigenvalue weighted by Gasteiger charge is 2.16. The Morgan fingerprint density at radius 3 is 2.70 bits per heavy atom. The molecule has 1 rings (SSSR count). The van der Waals surface area contributed by atoms with E-state index < -0.39 is 4.92 Å². The van der Waals surface area contributed by atoms with Crippen molar-refractivity contribution in [1.29, 1.82) is 0 Å². The van der Waals surface area contributed by atoms with Crippen LogP contribution in [0.2, 0.25) is 0 Å². The van der Waals surface area contributed by atoms with E-state index in [0.29, 0.717) is 38.0 Å². The Bertz CT molecular complexity index is 435. The van der Waals surface area contributed by atoms with Crippen LogP contribution in [0, 0.1) is 10.1 Å². The second-order valence-corrected chi connectivity index (χ2v) is 4.79. The first-order chi connectivity index (χ1) is 9.54. The van der Waals surface area contributed by atoms with Crippen LogP contribution in [0.3, 0.4) is 0 Å². The number of nitro benzene ring substituents is 1. The molecule has 0 unspecified atom stereocenters. The smallest absolute Gasteiger partial charge is 0.311 e. The monoisotopic (exact) mass is 282 g/mol. The van der Waals surface area contributed by atoms with E-state index in [1.54, 1.807) is 19.2 Å². The summed E-state index contributed by atoms with van der Waals surface area (Å²) in [7, 11) is 1.61. The lowest BCUT2D eigenvalue weighted by atomic mass is 10.2. The molecule has 0 saturated heterocycles. The molecule has 0 atom stereocenters. The fourth-order valence-corrected chi connectivity index (χ4v) is 1.65. The maximum atomic E-state index is 11.1. The second-order valence-electron chi connectivity index (χ2n) is 4.79. The van der Waals surface area contributed by atoms with E-state index in [4.69, 9.17) is 9.47 Å². The van der Waals surface area contributed by atoms with Gasteiger partial charge < -0.3 is 14.8 Å². The minimum Gasteiger partial charge on any atom is -0.487 e. The van der Waals surface area contributed by atoms with Crippen molar-refractivity contribution in [1.82, 2.24) is 5.32 Å².